The summed E-state index contributed by atoms with van der Waals surface area (Å²) in [7, 11) is 0. The van der Waals surface area contributed by atoms with Crippen LogP contribution in [0.15, 0.2) is 30.6 Å². The van der Waals surface area contributed by atoms with Crippen molar-refractivity contribution in [1.82, 2.24) is 19.2 Å². The molecule has 6 nitrogen and oxygen atoms in total. The highest BCUT2D eigenvalue weighted by atomic mass is 16.5. The smallest absolute Gasteiger partial charge is 0.137 e. The van der Waals surface area contributed by atoms with E-state index in [9.17, 15) is 5.11 Å². The largest absolute Gasteiger partial charge is 0.389 e. The monoisotopic (exact) mass is 332 g/mol. The van der Waals surface area contributed by atoms with Gasteiger partial charge in [0.25, 0.3) is 0 Å². The highest BCUT2D eigenvalue weighted by Gasteiger charge is 2.20. The second kappa shape index (κ2) is 8.07. The van der Waals surface area contributed by atoms with Gasteiger partial charge in [0, 0.05) is 51.7 Å². The van der Waals surface area contributed by atoms with Crippen LogP contribution in [0.5, 0.6) is 0 Å². The molecule has 1 atom stereocenters. The molecule has 0 aromatic carbocycles. The fourth-order valence-electron chi connectivity index (χ4n) is 3.08. The van der Waals surface area contributed by atoms with Gasteiger partial charge in [-0.3, -0.25) is 9.80 Å². The number of rotatable bonds is 7. The highest BCUT2D eigenvalue weighted by molar-refractivity contribution is 5.39. The van der Waals surface area contributed by atoms with E-state index in [2.05, 4.69) is 25.4 Å². The molecular weight excluding hydrogens is 304 g/mol. The van der Waals surface area contributed by atoms with Gasteiger partial charge in [0.05, 0.1) is 24.5 Å². The Balaban J connectivity index is 1.43. The number of ether oxygens (including phenoxy) is 1. The predicted molar refractivity (Wildman–Crippen MR) is 94.0 cm³/mol. The standard InChI is InChI=1S/C18H28N4O2/c1-15(2)24-14-17(23)13-21-9-7-20(8-10-21)11-16-12-22-6-4-3-5-18(22)19-16/h3-6,12,15,17,23H,7-11,13-14H2,1-2H3. The number of pyridine rings is 1. The lowest BCUT2D eigenvalue weighted by Crippen LogP contribution is -2.48. The van der Waals surface area contributed by atoms with Crippen molar-refractivity contribution in [2.45, 2.75) is 32.6 Å². The number of β-amino-alcohol motifs (C(OH)–C–C–N with tert-alkyl or cyclic N) is 1. The topological polar surface area (TPSA) is 53.2 Å². The lowest BCUT2D eigenvalue weighted by Gasteiger charge is -2.35. The van der Waals surface area contributed by atoms with E-state index in [4.69, 9.17) is 4.74 Å². The van der Waals surface area contributed by atoms with E-state index in [1.807, 2.05) is 38.2 Å². The van der Waals surface area contributed by atoms with Gasteiger partial charge in [-0.1, -0.05) is 6.07 Å². The second-order valence-corrected chi connectivity index (χ2v) is 6.81. The van der Waals surface area contributed by atoms with Gasteiger partial charge in [0.1, 0.15) is 5.65 Å². The lowest BCUT2D eigenvalue weighted by atomic mass is 10.2. The molecule has 0 aliphatic carbocycles. The van der Waals surface area contributed by atoms with Crippen LogP contribution in [0.1, 0.15) is 19.5 Å². The minimum absolute atomic E-state index is 0.168. The van der Waals surface area contributed by atoms with E-state index in [0.717, 1.165) is 44.1 Å². The first kappa shape index (κ1) is 17.4. The Morgan fingerprint density at radius 2 is 1.92 bits per heavy atom. The summed E-state index contributed by atoms with van der Waals surface area (Å²) in [5, 5.41) is 10.0. The highest BCUT2D eigenvalue weighted by Crippen LogP contribution is 2.10. The Hall–Kier alpha value is -1.47. The molecule has 3 rings (SSSR count). The molecule has 0 saturated carbocycles. The van der Waals surface area contributed by atoms with E-state index in [-0.39, 0.29) is 6.10 Å². The van der Waals surface area contributed by atoms with Crippen LogP contribution in [0, 0.1) is 0 Å². The molecule has 2 aromatic rings. The average Bonchev–Trinajstić information content (AvgIpc) is 2.97. The summed E-state index contributed by atoms with van der Waals surface area (Å²) in [5.74, 6) is 0. The maximum absolute atomic E-state index is 10.0. The van der Waals surface area contributed by atoms with Gasteiger partial charge in [-0.2, -0.15) is 0 Å². The fourth-order valence-corrected chi connectivity index (χ4v) is 3.08. The number of aliphatic hydroxyl groups is 1. The minimum Gasteiger partial charge on any atom is -0.389 e. The first-order valence-electron chi connectivity index (χ1n) is 8.77. The van der Waals surface area contributed by atoms with Crippen LogP contribution in [0.2, 0.25) is 0 Å². The average molecular weight is 332 g/mol. The van der Waals surface area contributed by atoms with Crippen LogP contribution >= 0.6 is 0 Å². The Bertz CT molecular complexity index is 602. The van der Waals surface area contributed by atoms with Crippen LogP contribution in [0.4, 0.5) is 0 Å². The van der Waals surface area contributed by atoms with E-state index in [0.29, 0.717) is 13.2 Å². The maximum Gasteiger partial charge on any atom is 0.137 e. The van der Waals surface area contributed by atoms with Crippen LogP contribution < -0.4 is 0 Å². The molecule has 3 heterocycles. The quantitative estimate of drug-likeness (QED) is 0.827. The Morgan fingerprint density at radius 3 is 2.62 bits per heavy atom. The summed E-state index contributed by atoms with van der Waals surface area (Å²) < 4.78 is 7.54. The normalized spacial score (nSPS) is 18.5. The summed E-state index contributed by atoms with van der Waals surface area (Å²) in [5.41, 5.74) is 2.11. The third-order valence-electron chi connectivity index (χ3n) is 4.36. The summed E-state index contributed by atoms with van der Waals surface area (Å²) in [6, 6.07) is 6.06. The van der Waals surface area contributed by atoms with Gasteiger partial charge in [-0.15, -0.1) is 0 Å². The Labute approximate surface area is 143 Å². The van der Waals surface area contributed by atoms with Crippen molar-refractivity contribution in [3.05, 3.63) is 36.3 Å². The van der Waals surface area contributed by atoms with Crippen molar-refractivity contribution in [2.24, 2.45) is 0 Å². The van der Waals surface area contributed by atoms with Crippen LogP contribution in [-0.2, 0) is 11.3 Å². The van der Waals surface area contributed by atoms with E-state index in [1.165, 1.54) is 0 Å². The lowest BCUT2D eigenvalue weighted by molar-refractivity contribution is -0.0149. The zero-order valence-electron chi connectivity index (χ0n) is 14.6. The Morgan fingerprint density at radius 1 is 1.17 bits per heavy atom. The molecule has 1 fully saturated rings. The van der Waals surface area contributed by atoms with Crippen LogP contribution in [0.25, 0.3) is 5.65 Å². The van der Waals surface area contributed by atoms with Gasteiger partial charge >= 0.3 is 0 Å². The van der Waals surface area contributed by atoms with Crippen LogP contribution in [-0.4, -0.2) is 75.8 Å². The molecule has 1 saturated heterocycles. The summed E-state index contributed by atoms with van der Waals surface area (Å²) >= 11 is 0. The minimum atomic E-state index is -0.405. The number of aromatic nitrogens is 2. The van der Waals surface area contributed by atoms with E-state index in [1.54, 1.807) is 0 Å². The second-order valence-electron chi connectivity index (χ2n) is 6.81. The molecular formula is C18H28N4O2. The molecule has 0 bridgehead atoms. The SMILES string of the molecule is CC(C)OCC(O)CN1CCN(Cc2cn3ccccc3n2)CC1. The van der Waals surface area contributed by atoms with E-state index >= 15 is 0 Å². The number of fused-ring (bicyclic) bond motifs is 1. The van der Waals surface area contributed by atoms with Gasteiger partial charge in [-0.25, -0.2) is 4.98 Å². The maximum atomic E-state index is 10.0. The van der Waals surface area contributed by atoms with Crippen molar-refractivity contribution in [1.29, 1.82) is 0 Å². The molecule has 0 amide bonds. The molecule has 0 spiro atoms. The zero-order chi connectivity index (χ0) is 16.9. The van der Waals surface area contributed by atoms with Gasteiger partial charge < -0.3 is 14.2 Å². The number of piperazine rings is 1. The Kier molecular flexibility index (Phi) is 5.84. The molecule has 1 N–H and O–H groups in total. The van der Waals surface area contributed by atoms with Crippen molar-refractivity contribution in [3.63, 3.8) is 0 Å². The zero-order valence-corrected chi connectivity index (χ0v) is 14.6. The molecule has 6 heteroatoms. The van der Waals surface area contributed by atoms with Crippen LogP contribution in [0.3, 0.4) is 0 Å². The summed E-state index contributed by atoms with van der Waals surface area (Å²) in [4.78, 5) is 9.41. The van der Waals surface area contributed by atoms with Gasteiger partial charge in [0.2, 0.25) is 0 Å². The molecule has 2 aromatic heterocycles. The van der Waals surface area contributed by atoms with Crippen molar-refractivity contribution < 1.29 is 9.84 Å². The fraction of sp³-hybridized carbons (Fsp3) is 0.611. The molecule has 1 unspecified atom stereocenters. The van der Waals surface area contributed by atoms with Crippen molar-refractivity contribution >= 4 is 5.65 Å². The number of imidazole rings is 1. The van der Waals surface area contributed by atoms with Gasteiger partial charge in [-0.05, 0) is 26.0 Å². The third-order valence-corrected chi connectivity index (χ3v) is 4.36. The molecule has 1 aliphatic rings. The number of aliphatic hydroxyl groups excluding tert-OH is 1. The number of hydrogen-bond acceptors (Lipinski definition) is 5. The summed E-state index contributed by atoms with van der Waals surface area (Å²) in [6.45, 7) is 9.94. The van der Waals surface area contributed by atoms with E-state index < -0.39 is 6.10 Å². The number of nitrogens with zero attached hydrogens (tertiary/aromatic N) is 4. The molecule has 132 valence electrons. The first-order chi connectivity index (χ1) is 11.6. The molecule has 1 aliphatic heterocycles. The third kappa shape index (κ3) is 4.77. The number of hydrogen-bond donors (Lipinski definition) is 1. The first-order valence-corrected chi connectivity index (χ1v) is 8.77. The summed E-state index contributed by atoms with van der Waals surface area (Å²) in [6.07, 6.45) is 3.90. The van der Waals surface area contributed by atoms with Crippen molar-refractivity contribution in [2.75, 3.05) is 39.3 Å². The predicted octanol–water partition coefficient (Wildman–Crippen LogP) is 1.24. The van der Waals surface area contributed by atoms with Gasteiger partial charge in [0.15, 0.2) is 0 Å². The molecule has 24 heavy (non-hydrogen) atoms. The van der Waals surface area contributed by atoms with Crippen molar-refractivity contribution in [3.8, 4) is 0 Å². The molecule has 0 radical (unpaired) electrons.